The fraction of sp³-hybridized carbons (Fsp3) is 0.286. The molecule has 34 heavy (non-hydrogen) atoms. The molecule has 1 aromatic heterocycles. The van der Waals surface area contributed by atoms with Gasteiger partial charge in [-0.25, -0.2) is 0 Å². The molecule has 3 aliphatic heterocycles. The van der Waals surface area contributed by atoms with Crippen LogP contribution in [-0.4, -0.2) is 35.1 Å². The minimum Gasteiger partial charge on any atom is -0.312 e. The SMILES string of the molecule is Cc1ccc(/C=C2\C(=O)N(CN3C[C@@H]4C[C@@H](C3)c3cccc(=O)n3C4)c3cc(Cl)ccc32)cc1. The van der Waals surface area contributed by atoms with Gasteiger partial charge >= 0.3 is 0 Å². The first-order valence-electron chi connectivity index (χ1n) is 11.8. The lowest BCUT2D eigenvalue weighted by Crippen LogP contribution is -2.50. The molecule has 6 rings (SSSR count). The molecule has 1 amide bonds. The summed E-state index contributed by atoms with van der Waals surface area (Å²) >= 11 is 6.35. The summed E-state index contributed by atoms with van der Waals surface area (Å²) in [5, 5.41) is 0.622. The molecule has 0 spiro atoms. The Morgan fingerprint density at radius 1 is 1.00 bits per heavy atom. The van der Waals surface area contributed by atoms with Gasteiger partial charge < -0.3 is 4.57 Å². The van der Waals surface area contributed by atoms with E-state index >= 15 is 0 Å². The predicted octanol–water partition coefficient (Wildman–Crippen LogP) is 4.77. The van der Waals surface area contributed by atoms with Gasteiger partial charge in [-0.05, 0) is 49.1 Å². The second-order valence-electron chi connectivity index (χ2n) is 9.74. The lowest BCUT2D eigenvalue weighted by atomic mass is 9.83. The number of hydrogen-bond acceptors (Lipinski definition) is 3. The van der Waals surface area contributed by atoms with Crippen LogP contribution in [0.4, 0.5) is 5.69 Å². The van der Waals surface area contributed by atoms with Crippen molar-refractivity contribution in [2.24, 2.45) is 5.92 Å². The zero-order chi connectivity index (χ0) is 23.4. The number of fused-ring (bicyclic) bond motifs is 5. The Bertz CT molecular complexity index is 1380. The van der Waals surface area contributed by atoms with Crippen molar-refractivity contribution in [3.63, 3.8) is 0 Å². The molecule has 0 saturated carbocycles. The normalized spacial score (nSPS) is 22.7. The van der Waals surface area contributed by atoms with Crippen LogP contribution in [0.15, 0.2) is 65.5 Å². The highest BCUT2D eigenvalue weighted by Crippen LogP contribution is 2.41. The van der Waals surface area contributed by atoms with Gasteiger partial charge in [0.15, 0.2) is 0 Å². The van der Waals surface area contributed by atoms with Gasteiger partial charge in [0.05, 0.1) is 12.4 Å². The predicted molar refractivity (Wildman–Crippen MR) is 136 cm³/mol. The quantitative estimate of drug-likeness (QED) is 0.517. The molecule has 0 unspecified atom stereocenters. The van der Waals surface area contributed by atoms with E-state index in [0.29, 0.717) is 29.1 Å². The highest BCUT2D eigenvalue weighted by molar-refractivity contribution is 6.37. The second kappa shape index (κ2) is 8.26. The lowest BCUT2D eigenvalue weighted by Gasteiger charge is -2.43. The van der Waals surface area contributed by atoms with Crippen LogP contribution in [0.1, 0.15) is 34.7 Å². The van der Waals surface area contributed by atoms with Crippen molar-refractivity contribution in [2.45, 2.75) is 25.8 Å². The fourth-order valence-corrected chi connectivity index (χ4v) is 5.91. The summed E-state index contributed by atoms with van der Waals surface area (Å²) in [6, 6.07) is 19.5. The molecule has 0 radical (unpaired) electrons. The highest BCUT2D eigenvalue weighted by Gasteiger charge is 2.38. The van der Waals surface area contributed by atoms with Crippen molar-refractivity contribution in [3.05, 3.63) is 98.4 Å². The lowest BCUT2D eigenvalue weighted by molar-refractivity contribution is -0.113. The third kappa shape index (κ3) is 3.69. The summed E-state index contributed by atoms with van der Waals surface area (Å²) in [4.78, 5) is 30.2. The van der Waals surface area contributed by atoms with E-state index in [1.165, 1.54) is 5.56 Å². The molecule has 0 N–H and O–H groups in total. The summed E-state index contributed by atoms with van der Waals surface area (Å²) in [5.74, 6) is 0.719. The number of aromatic nitrogens is 1. The molecule has 2 atom stereocenters. The van der Waals surface area contributed by atoms with Crippen LogP contribution in [0.2, 0.25) is 5.02 Å². The molecular weight excluding hydrogens is 446 g/mol. The van der Waals surface area contributed by atoms with Crippen molar-refractivity contribution in [3.8, 4) is 0 Å². The number of pyridine rings is 1. The topological polar surface area (TPSA) is 45.6 Å². The van der Waals surface area contributed by atoms with Crippen LogP contribution in [0.5, 0.6) is 0 Å². The van der Waals surface area contributed by atoms with E-state index < -0.39 is 0 Å². The Morgan fingerprint density at radius 3 is 2.65 bits per heavy atom. The number of anilines is 1. The largest absolute Gasteiger partial charge is 0.312 e. The van der Waals surface area contributed by atoms with Crippen LogP contribution in [0.25, 0.3) is 11.6 Å². The number of amides is 1. The summed E-state index contributed by atoms with van der Waals surface area (Å²) in [6.07, 6.45) is 3.07. The van der Waals surface area contributed by atoms with Crippen LogP contribution in [0, 0.1) is 12.8 Å². The Hall–Kier alpha value is -3.15. The summed E-state index contributed by atoms with van der Waals surface area (Å²) in [6.45, 7) is 5.02. The Balaban J connectivity index is 1.31. The second-order valence-corrected chi connectivity index (χ2v) is 10.2. The minimum absolute atomic E-state index is 0.00481. The van der Waals surface area contributed by atoms with Crippen LogP contribution >= 0.6 is 11.6 Å². The number of carbonyl (C=O) groups excluding carboxylic acids is 1. The van der Waals surface area contributed by atoms with Crippen molar-refractivity contribution >= 4 is 34.8 Å². The first-order chi connectivity index (χ1) is 16.5. The number of benzene rings is 2. The third-order valence-electron chi connectivity index (χ3n) is 7.30. The Kier molecular flexibility index (Phi) is 5.19. The molecule has 2 aromatic carbocycles. The first-order valence-corrected chi connectivity index (χ1v) is 12.2. The maximum absolute atomic E-state index is 13.7. The van der Waals surface area contributed by atoms with E-state index in [9.17, 15) is 9.59 Å². The van der Waals surface area contributed by atoms with E-state index in [1.807, 2.05) is 51.9 Å². The highest BCUT2D eigenvalue weighted by atomic mass is 35.5. The molecule has 1 saturated heterocycles. The van der Waals surface area contributed by atoms with Crippen molar-refractivity contribution < 1.29 is 4.79 Å². The number of halogens is 1. The van der Waals surface area contributed by atoms with E-state index in [-0.39, 0.29) is 11.5 Å². The number of aryl methyl sites for hydroxylation is 1. The molecule has 2 bridgehead atoms. The molecule has 3 aliphatic rings. The molecule has 172 valence electrons. The van der Waals surface area contributed by atoms with Gasteiger partial charge in [0.1, 0.15) is 0 Å². The first kappa shape index (κ1) is 21.4. The minimum atomic E-state index is 0.00481. The van der Waals surface area contributed by atoms with Crippen molar-refractivity contribution in [1.29, 1.82) is 0 Å². The fourth-order valence-electron chi connectivity index (χ4n) is 5.75. The zero-order valence-corrected chi connectivity index (χ0v) is 19.8. The van der Waals surface area contributed by atoms with Crippen molar-refractivity contribution in [2.75, 3.05) is 24.7 Å². The van der Waals surface area contributed by atoms with Gasteiger partial charge in [-0.2, -0.15) is 0 Å². The molecule has 4 heterocycles. The van der Waals surface area contributed by atoms with Gasteiger partial charge in [-0.15, -0.1) is 0 Å². The monoisotopic (exact) mass is 471 g/mol. The number of rotatable bonds is 3. The van der Waals surface area contributed by atoms with E-state index in [4.69, 9.17) is 11.6 Å². The molecule has 5 nitrogen and oxygen atoms in total. The zero-order valence-electron chi connectivity index (χ0n) is 19.1. The van der Waals surface area contributed by atoms with E-state index in [0.717, 1.165) is 48.6 Å². The summed E-state index contributed by atoms with van der Waals surface area (Å²) < 4.78 is 1.94. The molecule has 1 fully saturated rings. The van der Waals surface area contributed by atoms with Gasteiger partial charge in [0.2, 0.25) is 0 Å². The van der Waals surface area contributed by atoms with E-state index in [1.54, 1.807) is 6.07 Å². The number of likely N-dealkylation sites (tertiary alicyclic amines) is 1. The molecular formula is C28H26ClN3O2. The smallest absolute Gasteiger partial charge is 0.260 e. The standard InChI is InChI=1S/C28H26ClN3O2/c1-18-5-7-19(8-6-18)12-24-23-10-9-22(29)13-26(23)32(28(24)34)17-30-14-20-11-21(16-30)25-3-2-4-27(33)31(25)15-20/h2-10,12-13,20-21H,11,14-17H2,1H3/b24-12-/t20-,21-/m0/s1. The van der Waals surface area contributed by atoms with Gasteiger partial charge in [0, 0.05) is 53.5 Å². The van der Waals surface area contributed by atoms with Gasteiger partial charge in [-0.1, -0.05) is 53.6 Å². The van der Waals surface area contributed by atoms with Gasteiger partial charge in [0.25, 0.3) is 11.5 Å². The molecule has 0 aliphatic carbocycles. The van der Waals surface area contributed by atoms with Crippen LogP contribution in [-0.2, 0) is 11.3 Å². The average molecular weight is 472 g/mol. The van der Waals surface area contributed by atoms with Gasteiger partial charge in [-0.3, -0.25) is 19.4 Å². The molecule has 3 aromatic rings. The average Bonchev–Trinajstić information content (AvgIpc) is 3.06. The van der Waals surface area contributed by atoms with E-state index in [2.05, 4.69) is 30.0 Å². The number of hydrogen-bond donors (Lipinski definition) is 0. The summed E-state index contributed by atoms with van der Waals surface area (Å²) in [7, 11) is 0. The number of nitrogens with zero attached hydrogens (tertiary/aromatic N) is 3. The van der Waals surface area contributed by atoms with Crippen LogP contribution < -0.4 is 10.5 Å². The Morgan fingerprint density at radius 2 is 1.82 bits per heavy atom. The third-order valence-corrected chi connectivity index (χ3v) is 7.54. The number of piperidine rings is 1. The van der Waals surface area contributed by atoms with Crippen LogP contribution in [0.3, 0.4) is 0 Å². The van der Waals surface area contributed by atoms with Crippen molar-refractivity contribution in [1.82, 2.24) is 9.47 Å². The molecule has 6 heteroatoms. The number of carbonyl (C=O) groups is 1. The maximum atomic E-state index is 13.7. The summed E-state index contributed by atoms with van der Waals surface area (Å²) in [5.41, 5.74) is 5.88. The maximum Gasteiger partial charge on any atom is 0.260 e. The Labute approximate surface area is 203 Å².